The molecule has 0 aliphatic heterocycles. The molecule has 0 saturated heterocycles. The highest BCUT2D eigenvalue weighted by molar-refractivity contribution is 6.31. The van der Waals surface area contributed by atoms with Crippen LogP contribution < -0.4 is 5.32 Å². The second kappa shape index (κ2) is 5.37. The minimum atomic E-state index is 0.356. The molecule has 0 aliphatic carbocycles. The Labute approximate surface area is 90.4 Å². The van der Waals surface area contributed by atoms with Gasteiger partial charge in [-0.3, -0.25) is 4.68 Å². The molecule has 4 heteroatoms. The average molecular weight is 216 g/mol. The third-order valence-corrected chi connectivity index (χ3v) is 2.64. The predicted molar refractivity (Wildman–Crippen MR) is 59.8 cm³/mol. The van der Waals surface area contributed by atoms with Gasteiger partial charge in [0.05, 0.1) is 23.0 Å². The molecule has 0 bridgehead atoms. The zero-order valence-electron chi connectivity index (χ0n) is 9.05. The number of halogens is 1. The van der Waals surface area contributed by atoms with Crippen LogP contribution in [-0.4, -0.2) is 22.9 Å². The number of hydrogen-bond acceptors (Lipinski definition) is 2. The van der Waals surface area contributed by atoms with E-state index in [1.54, 1.807) is 6.20 Å². The van der Waals surface area contributed by atoms with Gasteiger partial charge in [-0.15, -0.1) is 0 Å². The first-order valence-electron chi connectivity index (χ1n) is 5.07. The first kappa shape index (κ1) is 11.5. The van der Waals surface area contributed by atoms with E-state index in [1.165, 1.54) is 0 Å². The number of nitrogens with one attached hydrogen (secondary N) is 1. The van der Waals surface area contributed by atoms with Crippen LogP contribution in [0.15, 0.2) is 6.20 Å². The second-order valence-corrected chi connectivity index (χ2v) is 3.98. The van der Waals surface area contributed by atoms with Gasteiger partial charge in [0.15, 0.2) is 0 Å². The highest BCUT2D eigenvalue weighted by Gasteiger charge is 2.09. The van der Waals surface area contributed by atoms with Gasteiger partial charge >= 0.3 is 0 Å². The van der Waals surface area contributed by atoms with Crippen LogP contribution in [0, 0.1) is 6.92 Å². The summed E-state index contributed by atoms with van der Waals surface area (Å²) in [5, 5.41) is 8.35. The van der Waals surface area contributed by atoms with Crippen molar-refractivity contribution in [2.24, 2.45) is 0 Å². The van der Waals surface area contributed by atoms with Crippen molar-refractivity contribution in [1.29, 1.82) is 0 Å². The van der Waals surface area contributed by atoms with Crippen molar-refractivity contribution in [1.82, 2.24) is 15.1 Å². The molecule has 0 aliphatic rings. The van der Waals surface area contributed by atoms with Crippen LogP contribution in [0.5, 0.6) is 0 Å². The predicted octanol–water partition coefficient (Wildman–Crippen LogP) is 2.41. The summed E-state index contributed by atoms with van der Waals surface area (Å²) >= 11 is 5.93. The Morgan fingerprint density at radius 2 is 2.36 bits per heavy atom. The fourth-order valence-corrected chi connectivity index (χ4v) is 1.55. The largest absolute Gasteiger partial charge is 0.315 e. The molecule has 3 nitrogen and oxygen atoms in total. The first-order valence-corrected chi connectivity index (χ1v) is 5.45. The van der Waals surface area contributed by atoms with Gasteiger partial charge in [0, 0.05) is 6.54 Å². The summed E-state index contributed by atoms with van der Waals surface area (Å²) < 4.78 is 1.96. The number of hydrogen-bond donors (Lipinski definition) is 1. The number of aromatic nitrogens is 2. The lowest BCUT2D eigenvalue weighted by atomic mass is 10.3. The molecule has 0 fully saturated rings. The first-order chi connectivity index (χ1) is 6.66. The Bertz CT molecular complexity index is 283. The minimum Gasteiger partial charge on any atom is -0.315 e. The molecule has 0 saturated carbocycles. The van der Waals surface area contributed by atoms with Crippen molar-refractivity contribution in [3.05, 3.63) is 16.9 Å². The topological polar surface area (TPSA) is 29.9 Å². The summed E-state index contributed by atoms with van der Waals surface area (Å²) in [5.41, 5.74) is 1.04. The van der Waals surface area contributed by atoms with Gasteiger partial charge in [-0.25, -0.2) is 0 Å². The minimum absolute atomic E-state index is 0.356. The second-order valence-electron chi connectivity index (χ2n) is 3.58. The lowest BCUT2D eigenvalue weighted by Crippen LogP contribution is -2.25. The van der Waals surface area contributed by atoms with Crippen molar-refractivity contribution in [3.8, 4) is 0 Å². The molecule has 1 heterocycles. The number of nitrogens with zero attached hydrogens (tertiary/aromatic N) is 2. The van der Waals surface area contributed by atoms with E-state index in [0.29, 0.717) is 6.04 Å². The maximum Gasteiger partial charge on any atom is 0.0815 e. The van der Waals surface area contributed by atoms with E-state index in [2.05, 4.69) is 24.3 Å². The van der Waals surface area contributed by atoms with Crippen molar-refractivity contribution in [3.63, 3.8) is 0 Å². The SMILES string of the molecule is CCCNCC(C)n1ncc(Cl)c1C. The van der Waals surface area contributed by atoms with E-state index in [-0.39, 0.29) is 0 Å². The normalized spacial score (nSPS) is 13.1. The van der Waals surface area contributed by atoms with Crippen molar-refractivity contribution in [2.45, 2.75) is 33.2 Å². The summed E-state index contributed by atoms with van der Waals surface area (Å²) in [7, 11) is 0. The van der Waals surface area contributed by atoms with E-state index in [9.17, 15) is 0 Å². The van der Waals surface area contributed by atoms with E-state index in [4.69, 9.17) is 11.6 Å². The van der Waals surface area contributed by atoms with Gasteiger partial charge in [0.25, 0.3) is 0 Å². The van der Waals surface area contributed by atoms with Crippen LogP contribution in [0.4, 0.5) is 0 Å². The zero-order chi connectivity index (χ0) is 10.6. The van der Waals surface area contributed by atoms with Crippen molar-refractivity contribution >= 4 is 11.6 Å². The quantitative estimate of drug-likeness (QED) is 0.765. The molecule has 0 aromatic carbocycles. The van der Waals surface area contributed by atoms with Crippen molar-refractivity contribution < 1.29 is 0 Å². The van der Waals surface area contributed by atoms with Crippen LogP contribution in [0.25, 0.3) is 0 Å². The summed E-state index contributed by atoms with van der Waals surface area (Å²) in [6.45, 7) is 8.28. The van der Waals surface area contributed by atoms with Gasteiger partial charge in [0.1, 0.15) is 0 Å². The molecule has 1 unspecified atom stereocenters. The smallest absolute Gasteiger partial charge is 0.0815 e. The Morgan fingerprint density at radius 1 is 1.64 bits per heavy atom. The molecule has 1 rings (SSSR count). The summed E-state index contributed by atoms with van der Waals surface area (Å²) in [4.78, 5) is 0. The highest BCUT2D eigenvalue weighted by atomic mass is 35.5. The Balaban J connectivity index is 2.52. The lowest BCUT2D eigenvalue weighted by molar-refractivity contribution is 0.446. The molecule has 14 heavy (non-hydrogen) atoms. The van der Waals surface area contributed by atoms with Gasteiger partial charge in [-0.1, -0.05) is 18.5 Å². The molecule has 0 spiro atoms. The monoisotopic (exact) mass is 215 g/mol. The van der Waals surface area contributed by atoms with E-state index < -0.39 is 0 Å². The lowest BCUT2D eigenvalue weighted by Gasteiger charge is -2.14. The summed E-state index contributed by atoms with van der Waals surface area (Å²) in [5.74, 6) is 0. The van der Waals surface area contributed by atoms with E-state index in [1.807, 2.05) is 11.6 Å². The highest BCUT2D eigenvalue weighted by Crippen LogP contribution is 2.16. The Hall–Kier alpha value is -0.540. The van der Waals surface area contributed by atoms with Crippen molar-refractivity contribution in [2.75, 3.05) is 13.1 Å². The summed E-state index contributed by atoms with van der Waals surface area (Å²) in [6.07, 6.45) is 2.86. The van der Waals surface area contributed by atoms with Crippen LogP contribution in [0.2, 0.25) is 5.02 Å². The zero-order valence-corrected chi connectivity index (χ0v) is 9.80. The molecule has 1 aromatic rings. The number of rotatable bonds is 5. The molecular weight excluding hydrogens is 198 g/mol. The molecule has 1 aromatic heterocycles. The van der Waals surface area contributed by atoms with Gasteiger partial charge in [-0.05, 0) is 26.8 Å². The van der Waals surface area contributed by atoms with Crippen LogP contribution in [-0.2, 0) is 0 Å². The Kier molecular flexibility index (Phi) is 4.42. The molecule has 0 radical (unpaired) electrons. The maximum atomic E-state index is 5.93. The third kappa shape index (κ3) is 2.72. The molecule has 1 N–H and O–H groups in total. The Morgan fingerprint density at radius 3 is 2.86 bits per heavy atom. The van der Waals surface area contributed by atoms with Crippen LogP contribution >= 0.6 is 11.6 Å². The van der Waals surface area contributed by atoms with Crippen LogP contribution in [0.1, 0.15) is 32.0 Å². The van der Waals surface area contributed by atoms with E-state index >= 15 is 0 Å². The molecule has 0 amide bonds. The van der Waals surface area contributed by atoms with Gasteiger partial charge in [-0.2, -0.15) is 5.10 Å². The van der Waals surface area contributed by atoms with E-state index in [0.717, 1.165) is 30.2 Å². The summed E-state index contributed by atoms with van der Waals surface area (Å²) in [6, 6.07) is 0.356. The molecule has 80 valence electrons. The third-order valence-electron chi connectivity index (χ3n) is 2.27. The standard InChI is InChI=1S/C10H18ClN3/c1-4-5-12-6-8(2)14-9(3)10(11)7-13-14/h7-8,12H,4-6H2,1-3H3. The fourth-order valence-electron chi connectivity index (χ4n) is 1.42. The molecule has 1 atom stereocenters. The fraction of sp³-hybridized carbons (Fsp3) is 0.700. The van der Waals surface area contributed by atoms with Crippen LogP contribution in [0.3, 0.4) is 0 Å². The van der Waals surface area contributed by atoms with Gasteiger partial charge < -0.3 is 5.32 Å². The maximum absolute atomic E-state index is 5.93. The average Bonchev–Trinajstić information content (AvgIpc) is 2.48. The van der Waals surface area contributed by atoms with Gasteiger partial charge in [0.2, 0.25) is 0 Å². The molecular formula is C10H18ClN3.